The van der Waals surface area contributed by atoms with Crippen LogP contribution in [0.4, 0.5) is 17.6 Å². The smallest absolute Gasteiger partial charge is 0.205 e. The molecule has 74 valence electrons. The van der Waals surface area contributed by atoms with Gasteiger partial charge in [0.05, 0.1) is 21.7 Å². The molecule has 0 atom stereocenters. The predicted molar refractivity (Wildman–Crippen MR) is 43.8 cm³/mol. The second kappa shape index (κ2) is 3.58. The first kappa shape index (κ1) is 11.0. The molecular formula is C8H2BrF4N. The van der Waals surface area contributed by atoms with Gasteiger partial charge in [-0.05, 0) is 28.1 Å². The van der Waals surface area contributed by atoms with E-state index in [0.29, 0.717) is 6.07 Å². The number of nitriles is 1. The Morgan fingerprint density at radius 2 is 1.86 bits per heavy atom. The maximum Gasteiger partial charge on any atom is 0.419 e. The number of hydrogen-bond acceptors (Lipinski definition) is 1. The molecule has 0 bridgehead atoms. The van der Waals surface area contributed by atoms with Crippen molar-refractivity contribution in [2.45, 2.75) is 6.18 Å². The fourth-order valence-electron chi connectivity index (χ4n) is 0.860. The van der Waals surface area contributed by atoms with E-state index in [2.05, 4.69) is 15.9 Å². The minimum Gasteiger partial charge on any atom is -0.205 e. The molecule has 1 aromatic rings. The molecule has 0 saturated heterocycles. The molecule has 0 saturated carbocycles. The molecule has 1 rings (SSSR count). The van der Waals surface area contributed by atoms with E-state index in [4.69, 9.17) is 5.26 Å². The molecule has 0 spiro atoms. The third-order valence-electron chi connectivity index (χ3n) is 1.46. The lowest BCUT2D eigenvalue weighted by Gasteiger charge is -2.08. The largest absolute Gasteiger partial charge is 0.419 e. The summed E-state index contributed by atoms with van der Waals surface area (Å²) in [5.74, 6) is -1.41. The summed E-state index contributed by atoms with van der Waals surface area (Å²) in [5, 5.41) is 8.38. The topological polar surface area (TPSA) is 23.8 Å². The van der Waals surface area contributed by atoms with Crippen molar-refractivity contribution in [2.24, 2.45) is 0 Å². The number of hydrogen-bond donors (Lipinski definition) is 0. The Hall–Kier alpha value is -1.09. The van der Waals surface area contributed by atoms with Crippen LogP contribution in [-0.2, 0) is 6.18 Å². The maximum absolute atomic E-state index is 12.9. The van der Waals surface area contributed by atoms with Gasteiger partial charge in [0.2, 0.25) is 0 Å². The van der Waals surface area contributed by atoms with Gasteiger partial charge in [0.1, 0.15) is 5.82 Å². The van der Waals surface area contributed by atoms with Gasteiger partial charge in [-0.1, -0.05) is 0 Å². The SMILES string of the molecule is N#Cc1cc(Br)c(F)c(C(F)(F)F)c1. The minimum absolute atomic E-state index is 0.245. The Bertz CT molecular complexity index is 405. The second-order valence-corrected chi connectivity index (χ2v) is 3.28. The summed E-state index contributed by atoms with van der Waals surface area (Å²) >= 11 is 2.60. The highest BCUT2D eigenvalue weighted by Crippen LogP contribution is 2.34. The highest BCUT2D eigenvalue weighted by atomic mass is 79.9. The highest BCUT2D eigenvalue weighted by Gasteiger charge is 2.35. The number of rotatable bonds is 0. The molecule has 0 aliphatic carbocycles. The van der Waals surface area contributed by atoms with Crippen molar-refractivity contribution in [3.05, 3.63) is 33.5 Å². The van der Waals surface area contributed by atoms with E-state index in [0.717, 1.165) is 6.07 Å². The van der Waals surface area contributed by atoms with Crippen LogP contribution in [0.2, 0.25) is 0 Å². The normalized spacial score (nSPS) is 11.1. The second-order valence-electron chi connectivity index (χ2n) is 2.43. The van der Waals surface area contributed by atoms with Crippen LogP contribution >= 0.6 is 15.9 Å². The zero-order valence-electron chi connectivity index (χ0n) is 6.49. The van der Waals surface area contributed by atoms with Crippen molar-refractivity contribution in [1.82, 2.24) is 0 Å². The average molecular weight is 268 g/mol. The van der Waals surface area contributed by atoms with Crippen molar-refractivity contribution in [2.75, 3.05) is 0 Å². The fraction of sp³-hybridized carbons (Fsp3) is 0.125. The summed E-state index contributed by atoms with van der Waals surface area (Å²) in [4.78, 5) is 0. The van der Waals surface area contributed by atoms with Crippen LogP contribution in [0.25, 0.3) is 0 Å². The van der Waals surface area contributed by atoms with Gasteiger partial charge in [-0.2, -0.15) is 18.4 Å². The minimum atomic E-state index is -4.79. The van der Waals surface area contributed by atoms with Crippen LogP contribution in [-0.4, -0.2) is 0 Å². The molecular weight excluding hydrogens is 266 g/mol. The first-order valence-electron chi connectivity index (χ1n) is 3.32. The molecule has 0 N–H and O–H groups in total. The van der Waals surface area contributed by atoms with Gasteiger partial charge < -0.3 is 0 Å². The van der Waals surface area contributed by atoms with E-state index < -0.39 is 17.6 Å². The Balaban J connectivity index is 3.44. The third-order valence-corrected chi connectivity index (χ3v) is 2.04. The highest BCUT2D eigenvalue weighted by molar-refractivity contribution is 9.10. The molecule has 0 unspecified atom stereocenters. The van der Waals surface area contributed by atoms with E-state index in [-0.39, 0.29) is 10.0 Å². The zero-order valence-corrected chi connectivity index (χ0v) is 8.08. The van der Waals surface area contributed by atoms with Gasteiger partial charge in [0.25, 0.3) is 0 Å². The summed E-state index contributed by atoms with van der Waals surface area (Å²) in [6, 6.07) is 2.97. The Morgan fingerprint density at radius 3 is 2.29 bits per heavy atom. The molecule has 1 aromatic carbocycles. The standard InChI is InChI=1S/C8H2BrF4N/c9-6-2-4(3-14)1-5(7(6)10)8(11,12)13/h1-2H. The summed E-state index contributed by atoms with van der Waals surface area (Å²) in [6.45, 7) is 0. The molecule has 14 heavy (non-hydrogen) atoms. The zero-order chi connectivity index (χ0) is 10.9. The average Bonchev–Trinajstić information content (AvgIpc) is 2.07. The van der Waals surface area contributed by atoms with E-state index in [9.17, 15) is 17.6 Å². The van der Waals surface area contributed by atoms with Crippen molar-refractivity contribution < 1.29 is 17.6 Å². The lowest BCUT2D eigenvalue weighted by Crippen LogP contribution is -2.09. The van der Waals surface area contributed by atoms with Crippen LogP contribution in [0.5, 0.6) is 0 Å². The van der Waals surface area contributed by atoms with Crippen molar-refractivity contribution in [3.63, 3.8) is 0 Å². The number of nitrogens with zero attached hydrogens (tertiary/aromatic N) is 1. The molecule has 0 fully saturated rings. The number of halogens is 5. The predicted octanol–water partition coefficient (Wildman–Crippen LogP) is 3.48. The molecule has 0 aliphatic rings. The maximum atomic E-state index is 12.9. The van der Waals surface area contributed by atoms with Crippen LogP contribution in [0, 0.1) is 17.1 Å². The van der Waals surface area contributed by atoms with Gasteiger partial charge in [0.15, 0.2) is 0 Å². The molecule has 0 aliphatic heterocycles. The lowest BCUT2D eigenvalue weighted by atomic mass is 10.1. The van der Waals surface area contributed by atoms with Crippen LogP contribution < -0.4 is 0 Å². The van der Waals surface area contributed by atoms with Crippen LogP contribution in [0.3, 0.4) is 0 Å². The lowest BCUT2D eigenvalue weighted by molar-refractivity contribution is -0.140. The number of benzene rings is 1. The molecule has 1 nitrogen and oxygen atoms in total. The van der Waals surface area contributed by atoms with E-state index >= 15 is 0 Å². The van der Waals surface area contributed by atoms with E-state index in [1.807, 2.05) is 0 Å². The molecule has 6 heteroatoms. The van der Waals surface area contributed by atoms with Gasteiger partial charge in [-0.3, -0.25) is 0 Å². The Labute approximate surface area is 85.1 Å². The molecule has 0 heterocycles. The Kier molecular flexibility index (Phi) is 2.81. The van der Waals surface area contributed by atoms with Gasteiger partial charge >= 0.3 is 6.18 Å². The van der Waals surface area contributed by atoms with Crippen LogP contribution in [0.1, 0.15) is 11.1 Å². The van der Waals surface area contributed by atoms with Crippen LogP contribution in [0.15, 0.2) is 16.6 Å². The van der Waals surface area contributed by atoms with Gasteiger partial charge in [0, 0.05) is 0 Å². The van der Waals surface area contributed by atoms with Gasteiger partial charge in [-0.15, -0.1) is 0 Å². The van der Waals surface area contributed by atoms with E-state index in [1.165, 1.54) is 6.07 Å². The molecule has 0 amide bonds. The molecule has 0 aromatic heterocycles. The van der Waals surface area contributed by atoms with Crippen molar-refractivity contribution in [1.29, 1.82) is 5.26 Å². The first-order valence-corrected chi connectivity index (χ1v) is 4.12. The fourth-order valence-corrected chi connectivity index (χ4v) is 1.32. The first-order chi connectivity index (χ1) is 6.36. The summed E-state index contributed by atoms with van der Waals surface area (Å²) < 4.78 is 49.1. The van der Waals surface area contributed by atoms with Gasteiger partial charge in [-0.25, -0.2) is 4.39 Å². The van der Waals surface area contributed by atoms with Crippen molar-refractivity contribution >= 4 is 15.9 Å². The third kappa shape index (κ3) is 2.04. The van der Waals surface area contributed by atoms with E-state index in [1.54, 1.807) is 0 Å². The Morgan fingerprint density at radius 1 is 1.29 bits per heavy atom. The summed E-state index contributed by atoms with van der Waals surface area (Å²) in [6.07, 6.45) is -4.79. The number of alkyl halides is 3. The summed E-state index contributed by atoms with van der Waals surface area (Å²) in [5.41, 5.74) is -1.69. The molecule has 0 radical (unpaired) electrons. The van der Waals surface area contributed by atoms with Crippen molar-refractivity contribution in [3.8, 4) is 6.07 Å². The summed E-state index contributed by atoms with van der Waals surface area (Å²) in [7, 11) is 0. The monoisotopic (exact) mass is 267 g/mol. The quantitative estimate of drug-likeness (QED) is 0.661.